The molecule has 1 fully saturated rings. The summed E-state index contributed by atoms with van der Waals surface area (Å²) in [6.45, 7) is 0.305. The molecule has 0 radical (unpaired) electrons. The molecule has 30 heavy (non-hydrogen) atoms. The van der Waals surface area contributed by atoms with Crippen LogP contribution in [0.3, 0.4) is 0 Å². The van der Waals surface area contributed by atoms with E-state index in [1.165, 1.54) is 0 Å². The van der Waals surface area contributed by atoms with Crippen LogP contribution < -0.4 is 16.0 Å². The van der Waals surface area contributed by atoms with Gasteiger partial charge in [0.05, 0.1) is 25.2 Å². The first kappa shape index (κ1) is 21.7. The van der Waals surface area contributed by atoms with Gasteiger partial charge in [0.1, 0.15) is 6.10 Å². The van der Waals surface area contributed by atoms with E-state index in [1.807, 2.05) is 36.4 Å². The first-order chi connectivity index (χ1) is 14.6. The summed E-state index contributed by atoms with van der Waals surface area (Å²) in [7, 11) is 0. The Balaban J connectivity index is 1.38. The lowest BCUT2D eigenvalue weighted by molar-refractivity contribution is -0.121. The van der Waals surface area contributed by atoms with Gasteiger partial charge in [-0.1, -0.05) is 24.3 Å². The Morgan fingerprint density at radius 1 is 1.10 bits per heavy atom. The third kappa shape index (κ3) is 6.82. The highest BCUT2D eigenvalue weighted by molar-refractivity contribution is 5.89. The van der Waals surface area contributed by atoms with Crippen molar-refractivity contribution in [2.45, 2.75) is 43.9 Å². The minimum Gasteiger partial charge on any atom is -0.394 e. The quantitative estimate of drug-likeness (QED) is 0.529. The fraction of sp³-hybridized carbons (Fsp3) is 0.409. The van der Waals surface area contributed by atoms with Crippen LogP contribution in [-0.2, 0) is 16.0 Å². The number of aromatic nitrogens is 1. The number of hydrogen-bond acceptors (Lipinski definition) is 5. The standard InChI is InChI=1S/C22H28N4O4/c27-15-20-19(26-22(29)25-16-6-2-1-3-7-16)10-9-18(30-20)11-13-24-21(28)14-17-8-4-5-12-23-17/h1-8,12,18-20,27H,9-11,13-15H2,(H,24,28)(H2,25,26,29)/t18-,19-,20-/m1/s1. The summed E-state index contributed by atoms with van der Waals surface area (Å²) in [4.78, 5) is 28.4. The second-order valence-electron chi connectivity index (χ2n) is 7.26. The number of carbonyl (C=O) groups excluding carboxylic acids is 2. The van der Waals surface area contributed by atoms with Crippen molar-refractivity contribution in [1.29, 1.82) is 0 Å². The number of pyridine rings is 1. The molecule has 0 bridgehead atoms. The molecule has 2 aromatic rings. The molecule has 8 heteroatoms. The highest BCUT2D eigenvalue weighted by atomic mass is 16.5. The molecule has 160 valence electrons. The summed E-state index contributed by atoms with van der Waals surface area (Å²) in [5.41, 5.74) is 1.43. The first-order valence-electron chi connectivity index (χ1n) is 10.2. The zero-order chi connectivity index (χ0) is 21.2. The second kappa shape index (κ2) is 11.3. The Morgan fingerprint density at radius 2 is 1.90 bits per heavy atom. The van der Waals surface area contributed by atoms with E-state index >= 15 is 0 Å². The Labute approximate surface area is 176 Å². The minimum atomic E-state index is -0.477. The topological polar surface area (TPSA) is 113 Å². The van der Waals surface area contributed by atoms with Crippen molar-refractivity contribution < 1.29 is 19.4 Å². The van der Waals surface area contributed by atoms with E-state index < -0.39 is 6.10 Å². The van der Waals surface area contributed by atoms with E-state index in [1.54, 1.807) is 18.3 Å². The molecule has 0 saturated carbocycles. The average Bonchev–Trinajstić information content (AvgIpc) is 2.76. The number of urea groups is 1. The number of aliphatic hydroxyl groups is 1. The number of aliphatic hydroxyl groups excluding tert-OH is 1. The van der Waals surface area contributed by atoms with Crippen molar-refractivity contribution in [1.82, 2.24) is 15.6 Å². The van der Waals surface area contributed by atoms with E-state index in [0.717, 1.165) is 12.1 Å². The van der Waals surface area contributed by atoms with Crippen molar-refractivity contribution in [3.63, 3.8) is 0 Å². The molecule has 2 heterocycles. The zero-order valence-electron chi connectivity index (χ0n) is 16.8. The van der Waals surface area contributed by atoms with Crippen molar-refractivity contribution in [3.8, 4) is 0 Å². The molecular weight excluding hydrogens is 384 g/mol. The van der Waals surface area contributed by atoms with Crippen LogP contribution in [0.25, 0.3) is 0 Å². The number of rotatable bonds is 8. The lowest BCUT2D eigenvalue weighted by Gasteiger charge is -2.36. The van der Waals surface area contributed by atoms with Crippen LogP contribution in [0, 0.1) is 0 Å². The maximum atomic E-state index is 12.2. The van der Waals surface area contributed by atoms with Gasteiger partial charge >= 0.3 is 6.03 Å². The number of carbonyl (C=O) groups is 2. The number of benzene rings is 1. The first-order valence-corrected chi connectivity index (χ1v) is 10.2. The lowest BCUT2D eigenvalue weighted by Crippen LogP contribution is -2.52. The van der Waals surface area contributed by atoms with Gasteiger partial charge in [-0.15, -0.1) is 0 Å². The predicted octanol–water partition coefficient (Wildman–Crippen LogP) is 1.86. The van der Waals surface area contributed by atoms with Crippen molar-refractivity contribution in [2.24, 2.45) is 0 Å². The Morgan fingerprint density at radius 3 is 2.63 bits per heavy atom. The Bertz CT molecular complexity index is 803. The molecule has 3 atom stereocenters. The summed E-state index contributed by atoms with van der Waals surface area (Å²) >= 11 is 0. The lowest BCUT2D eigenvalue weighted by atomic mass is 9.97. The molecule has 3 amide bonds. The summed E-state index contributed by atoms with van der Waals surface area (Å²) in [5, 5.41) is 18.2. The Kier molecular flexibility index (Phi) is 8.17. The molecule has 8 nitrogen and oxygen atoms in total. The molecule has 1 aromatic carbocycles. The van der Waals surface area contributed by atoms with Gasteiger partial charge in [-0.05, 0) is 43.5 Å². The van der Waals surface area contributed by atoms with Crippen LogP contribution in [0.1, 0.15) is 25.0 Å². The molecule has 0 aliphatic carbocycles. The molecule has 0 unspecified atom stereocenters. The monoisotopic (exact) mass is 412 g/mol. The molecule has 1 saturated heterocycles. The van der Waals surface area contributed by atoms with Gasteiger partial charge in [-0.2, -0.15) is 0 Å². The number of nitrogens with zero attached hydrogens (tertiary/aromatic N) is 1. The van der Waals surface area contributed by atoms with E-state index in [0.29, 0.717) is 25.1 Å². The van der Waals surface area contributed by atoms with Crippen LogP contribution in [0.2, 0.25) is 0 Å². The maximum Gasteiger partial charge on any atom is 0.319 e. The van der Waals surface area contributed by atoms with Crippen LogP contribution in [0.15, 0.2) is 54.7 Å². The fourth-order valence-electron chi connectivity index (χ4n) is 3.47. The molecular formula is C22H28N4O4. The van der Waals surface area contributed by atoms with Crippen LogP contribution in [0.4, 0.5) is 10.5 Å². The van der Waals surface area contributed by atoms with E-state index in [9.17, 15) is 14.7 Å². The highest BCUT2D eigenvalue weighted by Crippen LogP contribution is 2.22. The second-order valence-corrected chi connectivity index (χ2v) is 7.26. The van der Waals surface area contributed by atoms with Gasteiger partial charge in [-0.25, -0.2) is 4.79 Å². The van der Waals surface area contributed by atoms with Crippen LogP contribution in [-0.4, -0.2) is 53.4 Å². The summed E-state index contributed by atoms with van der Waals surface area (Å²) in [5.74, 6) is -0.0830. The molecule has 3 rings (SSSR count). The number of amides is 3. The maximum absolute atomic E-state index is 12.2. The third-order valence-electron chi connectivity index (χ3n) is 5.00. The third-order valence-corrected chi connectivity index (χ3v) is 5.00. The van der Waals surface area contributed by atoms with E-state index in [2.05, 4.69) is 20.9 Å². The zero-order valence-corrected chi connectivity index (χ0v) is 16.8. The highest BCUT2D eigenvalue weighted by Gasteiger charge is 2.31. The van der Waals surface area contributed by atoms with Gasteiger partial charge in [0.25, 0.3) is 0 Å². The normalized spacial score (nSPS) is 20.9. The average molecular weight is 412 g/mol. The molecule has 1 aliphatic heterocycles. The van der Waals surface area contributed by atoms with Crippen LogP contribution >= 0.6 is 0 Å². The smallest absolute Gasteiger partial charge is 0.319 e. The molecule has 0 spiro atoms. The van der Waals surface area contributed by atoms with Crippen molar-refractivity contribution in [2.75, 3.05) is 18.5 Å². The largest absolute Gasteiger partial charge is 0.394 e. The number of nitrogens with one attached hydrogen (secondary N) is 3. The summed E-state index contributed by atoms with van der Waals surface area (Å²) in [6.07, 6.45) is 3.43. The van der Waals surface area contributed by atoms with Crippen molar-refractivity contribution in [3.05, 3.63) is 60.4 Å². The number of para-hydroxylation sites is 1. The van der Waals surface area contributed by atoms with Crippen LogP contribution in [0.5, 0.6) is 0 Å². The molecule has 4 N–H and O–H groups in total. The fourth-order valence-corrected chi connectivity index (χ4v) is 3.47. The van der Waals surface area contributed by atoms with Gasteiger partial charge in [0.2, 0.25) is 5.91 Å². The van der Waals surface area contributed by atoms with Gasteiger partial charge in [-0.3, -0.25) is 9.78 Å². The number of ether oxygens (including phenoxy) is 1. The Hall–Kier alpha value is -2.97. The number of hydrogen-bond donors (Lipinski definition) is 4. The van der Waals surface area contributed by atoms with Gasteiger partial charge < -0.3 is 25.8 Å². The van der Waals surface area contributed by atoms with Gasteiger partial charge in [0.15, 0.2) is 0 Å². The van der Waals surface area contributed by atoms with Gasteiger partial charge in [0, 0.05) is 24.1 Å². The number of anilines is 1. The predicted molar refractivity (Wildman–Crippen MR) is 113 cm³/mol. The van der Waals surface area contributed by atoms with E-state index in [4.69, 9.17) is 4.74 Å². The summed E-state index contributed by atoms with van der Waals surface area (Å²) in [6, 6.07) is 14.1. The van der Waals surface area contributed by atoms with E-state index in [-0.39, 0.29) is 37.1 Å². The SMILES string of the molecule is O=C(Cc1ccccn1)NCC[C@H]1CC[C@@H](NC(=O)Nc2ccccc2)[C@@H](CO)O1. The minimum absolute atomic E-state index is 0.0764. The molecule has 1 aliphatic rings. The van der Waals surface area contributed by atoms with Crippen molar-refractivity contribution >= 4 is 17.6 Å². The molecule has 1 aromatic heterocycles. The summed E-state index contributed by atoms with van der Waals surface area (Å²) < 4.78 is 5.94.